The SMILES string of the molecule is O=C(Nc1ccc(OC2CCCC2(F)F)c(F)c1)c1nc(N2CC3(C2)CC(F)(F)C3)oc1CC(F)(F)F. The van der Waals surface area contributed by atoms with E-state index in [4.69, 9.17) is 9.15 Å². The van der Waals surface area contributed by atoms with E-state index in [1.807, 2.05) is 0 Å². The minimum Gasteiger partial charge on any atom is -0.481 e. The summed E-state index contributed by atoms with van der Waals surface area (Å²) in [5.41, 5.74) is -1.54. The molecule has 0 bridgehead atoms. The molecule has 14 heteroatoms. The maximum Gasteiger partial charge on any atom is 0.396 e. The number of anilines is 2. The van der Waals surface area contributed by atoms with Crippen molar-refractivity contribution in [3.63, 3.8) is 0 Å². The summed E-state index contributed by atoms with van der Waals surface area (Å²) in [5, 5.41) is 2.21. The van der Waals surface area contributed by atoms with E-state index in [9.17, 15) is 39.9 Å². The molecule has 0 radical (unpaired) electrons. The van der Waals surface area contributed by atoms with Crippen LogP contribution in [0.5, 0.6) is 5.75 Å². The first-order chi connectivity index (χ1) is 17.1. The van der Waals surface area contributed by atoms with E-state index in [2.05, 4.69) is 10.3 Å². The number of rotatable bonds is 6. The molecular weight excluding hydrogens is 518 g/mol. The van der Waals surface area contributed by atoms with Crippen LogP contribution in [-0.4, -0.2) is 48.1 Å². The molecule has 1 aliphatic heterocycles. The Balaban J connectivity index is 1.29. The van der Waals surface area contributed by atoms with Gasteiger partial charge < -0.3 is 19.4 Å². The lowest BCUT2D eigenvalue weighted by molar-refractivity contribution is -0.171. The van der Waals surface area contributed by atoms with E-state index < -0.39 is 64.9 Å². The van der Waals surface area contributed by atoms with E-state index in [0.29, 0.717) is 0 Å². The van der Waals surface area contributed by atoms with Gasteiger partial charge in [-0.2, -0.15) is 18.2 Å². The van der Waals surface area contributed by atoms with Crippen molar-refractivity contribution < 1.29 is 49.1 Å². The number of ether oxygens (including phenoxy) is 1. The predicted octanol–water partition coefficient (Wildman–Crippen LogP) is 5.97. The van der Waals surface area contributed by atoms with Crippen LogP contribution in [0.2, 0.25) is 0 Å². The van der Waals surface area contributed by atoms with Gasteiger partial charge in [-0.05, 0) is 25.0 Å². The summed E-state index contributed by atoms with van der Waals surface area (Å²) in [5.74, 6) is -9.31. The zero-order chi connectivity index (χ0) is 26.8. The molecule has 1 saturated heterocycles. The van der Waals surface area contributed by atoms with Gasteiger partial charge in [-0.3, -0.25) is 4.79 Å². The van der Waals surface area contributed by atoms with Crippen LogP contribution in [0.4, 0.5) is 46.8 Å². The number of hydrogen-bond donors (Lipinski definition) is 1. The Morgan fingerprint density at radius 3 is 2.46 bits per heavy atom. The fraction of sp³-hybridized carbons (Fsp3) is 0.565. The maximum absolute atomic E-state index is 14.5. The molecule has 1 spiro atoms. The number of halogens is 8. The number of carbonyl (C=O) groups excluding carboxylic acids is 1. The van der Waals surface area contributed by atoms with Crippen molar-refractivity contribution in [2.45, 2.75) is 62.7 Å². The normalized spacial score (nSPS) is 23.5. The molecule has 5 rings (SSSR count). The lowest BCUT2D eigenvalue weighted by Gasteiger charge is -2.58. The third-order valence-corrected chi connectivity index (χ3v) is 6.76. The van der Waals surface area contributed by atoms with Crippen LogP contribution < -0.4 is 15.0 Å². The fourth-order valence-electron chi connectivity index (χ4n) is 5.18. The zero-order valence-electron chi connectivity index (χ0n) is 19.1. The molecule has 3 fully saturated rings. The van der Waals surface area contributed by atoms with E-state index in [-0.39, 0.29) is 56.9 Å². The average Bonchev–Trinajstić information content (AvgIpc) is 3.27. The van der Waals surface area contributed by atoms with Gasteiger partial charge >= 0.3 is 6.18 Å². The van der Waals surface area contributed by atoms with Crippen molar-refractivity contribution in [3.05, 3.63) is 35.5 Å². The Labute approximate surface area is 205 Å². The number of aromatic nitrogens is 1. The first kappa shape index (κ1) is 25.6. The van der Waals surface area contributed by atoms with Crippen molar-refractivity contribution in [1.82, 2.24) is 4.98 Å². The van der Waals surface area contributed by atoms with Crippen molar-refractivity contribution in [1.29, 1.82) is 0 Å². The molecular formula is C23H21F8N3O3. The molecule has 37 heavy (non-hydrogen) atoms. The number of carbonyl (C=O) groups is 1. The van der Waals surface area contributed by atoms with E-state index in [1.54, 1.807) is 0 Å². The summed E-state index contributed by atoms with van der Waals surface area (Å²) < 4.78 is 118. The number of amides is 1. The number of alkyl halides is 7. The fourth-order valence-corrected chi connectivity index (χ4v) is 5.18. The molecule has 1 unspecified atom stereocenters. The highest BCUT2D eigenvalue weighted by atomic mass is 19.4. The lowest BCUT2D eigenvalue weighted by Crippen LogP contribution is -2.66. The quantitative estimate of drug-likeness (QED) is 0.458. The Morgan fingerprint density at radius 1 is 1.19 bits per heavy atom. The monoisotopic (exact) mass is 539 g/mol. The number of benzene rings is 1. The lowest BCUT2D eigenvalue weighted by atomic mass is 9.61. The van der Waals surface area contributed by atoms with Crippen LogP contribution in [0.25, 0.3) is 0 Å². The topological polar surface area (TPSA) is 67.6 Å². The zero-order valence-corrected chi connectivity index (χ0v) is 19.1. The van der Waals surface area contributed by atoms with Crippen molar-refractivity contribution in [3.8, 4) is 5.75 Å². The Morgan fingerprint density at radius 2 is 1.89 bits per heavy atom. The molecule has 1 aromatic heterocycles. The van der Waals surface area contributed by atoms with Gasteiger partial charge in [0.15, 0.2) is 23.4 Å². The molecule has 6 nitrogen and oxygen atoms in total. The van der Waals surface area contributed by atoms with Gasteiger partial charge in [-0.1, -0.05) is 0 Å². The van der Waals surface area contributed by atoms with Gasteiger partial charge in [0.2, 0.25) is 5.92 Å². The Bertz CT molecular complexity index is 1200. The van der Waals surface area contributed by atoms with Gasteiger partial charge in [-0.15, -0.1) is 0 Å². The van der Waals surface area contributed by atoms with Crippen molar-refractivity contribution in [2.75, 3.05) is 23.3 Å². The molecule has 2 aromatic rings. The molecule has 2 saturated carbocycles. The Hall–Kier alpha value is -3.06. The summed E-state index contributed by atoms with van der Waals surface area (Å²) in [6.07, 6.45) is -8.65. The van der Waals surface area contributed by atoms with E-state index in [0.717, 1.165) is 18.2 Å². The summed E-state index contributed by atoms with van der Waals surface area (Å²) in [4.78, 5) is 18.0. The second-order valence-electron chi connectivity index (χ2n) is 9.98. The second kappa shape index (κ2) is 8.48. The highest BCUT2D eigenvalue weighted by Crippen LogP contribution is 2.57. The van der Waals surface area contributed by atoms with E-state index in [1.165, 1.54) is 4.90 Å². The number of nitrogens with one attached hydrogen (secondary N) is 1. The van der Waals surface area contributed by atoms with Gasteiger partial charge in [0.1, 0.15) is 12.2 Å². The maximum atomic E-state index is 14.5. The molecule has 3 aliphatic rings. The van der Waals surface area contributed by atoms with Crippen LogP contribution in [0.3, 0.4) is 0 Å². The largest absolute Gasteiger partial charge is 0.481 e. The third kappa shape index (κ3) is 5.19. The van der Waals surface area contributed by atoms with Crippen LogP contribution >= 0.6 is 0 Å². The average molecular weight is 539 g/mol. The van der Waals surface area contributed by atoms with Gasteiger partial charge in [-0.25, -0.2) is 22.0 Å². The van der Waals surface area contributed by atoms with Crippen LogP contribution in [0.15, 0.2) is 22.6 Å². The van der Waals surface area contributed by atoms with Gasteiger partial charge in [0.25, 0.3) is 17.8 Å². The predicted molar refractivity (Wildman–Crippen MR) is 113 cm³/mol. The molecule has 1 atom stereocenters. The van der Waals surface area contributed by atoms with Crippen molar-refractivity contribution >= 4 is 17.6 Å². The van der Waals surface area contributed by atoms with Gasteiger partial charge in [0.05, 0.1) is 0 Å². The summed E-state index contributed by atoms with van der Waals surface area (Å²) in [6.45, 7) is 0.199. The minimum absolute atomic E-state index is 0.0436. The number of hydrogen-bond acceptors (Lipinski definition) is 5. The van der Waals surface area contributed by atoms with Crippen LogP contribution in [0.1, 0.15) is 48.4 Å². The standard InChI is InChI=1S/C23H21F8N3O3/c24-13-6-12(3-4-14(13)36-16-2-1-5-22(16,27)28)32-18(35)17-15(7-23(29,30)31)37-19(33-17)34-10-20(11-34)8-21(25,26)9-20/h3-4,6,16H,1-2,5,7-11H2,(H,32,35). The van der Waals surface area contributed by atoms with Gasteiger partial charge in [0, 0.05) is 49.5 Å². The summed E-state index contributed by atoms with van der Waals surface area (Å²) in [7, 11) is 0. The highest BCUT2D eigenvalue weighted by molar-refractivity contribution is 6.03. The molecule has 1 amide bonds. The third-order valence-electron chi connectivity index (χ3n) is 6.76. The summed E-state index contributed by atoms with van der Waals surface area (Å²) in [6, 6.07) is 2.64. The highest BCUT2D eigenvalue weighted by Gasteiger charge is 2.62. The molecule has 2 heterocycles. The molecule has 202 valence electrons. The summed E-state index contributed by atoms with van der Waals surface area (Å²) >= 11 is 0. The first-order valence-electron chi connectivity index (χ1n) is 11.5. The first-order valence-corrected chi connectivity index (χ1v) is 11.5. The Kier molecular flexibility index (Phi) is 5.87. The van der Waals surface area contributed by atoms with Crippen molar-refractivity contribution in [2.24, 2.45) is 5.41 Å². The molecule has 1 aromatic carbocycles. The number of oxazole rings is 1. The number of nitrogens with zero attached hydrogens (tertiary/aromatic N) is 2. The van der Waals surface area contributed by atoms with Crippen LogP contribution in [-0.2, 0) is 6.42 Å². The molecule has 1 N–H and O–H groups in total. The van der Waals surface area contributed by atoms with Crippen LogP contribution in [0, 0.1) is 11.2 Å². The second-order valence-corrected chi connectivity index (χ2v) is 9.98. The molecule has 2 aliphatic carbocycles. The van der Waals surface area contributed by atoms with E-state index >= 15 is 0 Å². The smallest absolute Gasteiger partial charge is 0.396 e. The minimum atomic E-state index is -4.74.